The highest BCUT2D eigenvalue weighted by atomic mass is 16.4. The second kappa shape index (κ2) is 14.1. The second-order valence-electron chi connectivity index (χ2n) is 9.55. The van der Waals surface area contributed by atoms with Crippen LogP contribution in [0.3, 0.4) is 0 Å². The third kappa shape index (κ3) is 7.65. The predicted molar refractivity (Wildman–Crippen MR) is 172 cm³/mol. The Morgan fingerprint density at radius 1 is 0.556 bits per heavy atom. The number of ketones is 2. The summed E-state index contributed by atoms with van der Waals surface area (Å²) in [5.41, 5.74) is 12.7. The average Bonchev–Trinajstić information content (AvgIpc) is 3.04. The number of hydrogen-bond donors (Lipinski definition) is 5. The van der Waals surface area contributed by atoms with Crippen molar-refractivity contribution in [3.05, 3.63) is 144 Å². The number of hydrogen-bond acceptors (Lipinski definition) is 8. The van der Waals surface area contributed by atoms with Crippen LogP contribution in [0.4, 0.5) is 11.4 Å². The monoisotopic (exact) mass is 601 g/mol. The molecule has 0 radical (unpaired) electrons. The van der Waals surface area contributed by atoms with Crippen LogP contribution in [0.2, 0.25) is 0 Å². The molecule has 0 bridgehead atoms. The highest BCUT2D eigenvalue weighted by molar-refractivity contribution is 6.50. The molecule has 0 aliphatic carbocycles. The van der Waals surface area contributed by atoms with Gasteiger partial charge in [0.25, 0.3) is 0 Å². The Morgan fingerprint density at radius 2 is 1.16 bits per heavy atom. The minimum atomic E-state index is -0.995. The number of carbonyl (C=O) groups is 4. The van der Waals surface area contributed by atoms with Gasteiger partial charge in [-0.15, -0.1) is 0 Å². The number of nitrogen functional groups attached to an aromatic ring is 2. The fourth-order valence-corrected chi connectivity index (χ4v) is 4.27. The van der Waals surface area contributed by atoms with Gasteiger partial charge in [0.15, 0.2) is 0 Å². The summed E-state index contributed by atoms with van der Waals surface area (Å²) >= 11 is 0. The zero-order chi connectivity index (χ0) is 32.5. The van der Waals surface area contributed by atoms with Crippen molar-refractivity contribution in [3.63, 3.8) is 0 Å². The van der Waals surface area contributed by atoms with Crippen LogP contribution < -0.4 is 11.5 Å². The number of fused-ring (bicyclic) bond motifs is 2. The normalized spacial score (nSPS) is 10.1. The summed E-state index contributed by atoms with van der Waals surface area (Å²) in [4.78, 5) is 49.3. The molecule has 1 aromatic heterocycles. The topological polar surface area (TPSA) is 194 Å². The van der Waals surface area contributed by atoms with Crippen LogP contribution in [-0.2, 0) is 0 Å². The number of Topliss-reactive ketones (excluding diaryl/α,β-unsaturated/α-hetero) is 2. The Hall–Kier alpha value is -6.55. The van der Waals surface area contributed by atoms with Crippen LogP contribution in [0.25, 0.3) is 21.7 Å². The Labute approximate surface area is 256 Å². The number of rotatable bonds is 5. The number of anilines is 2. The number of carbonyl (C=O) groups excluding carboxylic acids is 2. The Morgan fingerprint density at radius 3 is 1.78 bits per heavy atom. The maximum atomic E-state index is 12.0. The molecule has 0 saturated carbocycles. The smallest absolute Gasteiger partial charge is 0.354 e. The second-order valence-corrected chi connectivity index (χ2v) is 9.55. The number of aromatic nitrogens is 1. The minimum Gasteiger partial charge on any atom is -0.507 e. The van der Waals surface area contributed by atoms with Crippen LogP contribution in [0.5, 0.6) is 5.75 Å². The van der Waals surface area contributed by atoms with E-state index in [1.54, 1.807) is 42.5 Å². The van der Waals surface area contributed by atoms with E-state index in [1.165, 1.54) is 36.4 Å². The zero-order valence-electron chi connectivity index (χ0n) is 23.6. The minimum absolute atomic E-state index is 0.0821. The standard InChI is InChI=1S/C14H11NO3.C11H9NO2.C10H7NO2/c15-10-7-4-8-11(16)12(10)14(18)13(17)9-5-2-1-3-6-9;12-10-6-8-4-2-1-3-7(8)5-9(10)11(13)14;12-10(13)9-6-5-7-3-1-2-4-8(7)11-9/h1-8,16H,15H2;1-6H,12H2,(H,13,14);1-6H,(H,12,13). The summed E-state index contributed by atoms with van der Waals surface area (Å²) in [5, 5.41) is 29.9. The molecule has 0 atom stereocenters. The largest absolute Gasteiger partial charge is 0.507 e. The van der Waals surface area contributed by atoms with Gasteiger partial charge in [-0.2, -0.15) is 0 Å². The lowest BCUT2D eigenvalue weighted by Gasteiger charge is -2.06. The van der Waals surface area contributed by atoms with Crippen molar-refractivity contribution in [3.8, 4) is 5.75 Å². The van der Waals surface area contributed by atoms with Crippen molar-refractivity contribution in [1.82, 2.24) is 4.98 Å². The average molecular weight is 602 g/mol. The Balaban J connectivity index is 0.000000156. The molecule has 45 heavy (non-hydrogen) atoms. The van der Waals surface area contributed by atoms with Gasteiger partial charge in [0.05, 0.1) is 16.6 Å². The van der Waals surface area contributed by atoms with Gasteiger partial charge in [0.2, 0.25) is 11.6 Å². The van der Waals surface area contributed by atoms with Crippen LogP contribution >= 0.6 is 0 Å². The van der Waals surface area contributed by atoms with E-state index in [2.05, 4.69) is 4.98 Å². The summed E-state index contributed by atoms with van der Waals surface area (Å²) < 4.78 is 0. The molecule has 0 spiro atoms. The number of aromatic hydroxyl groups is 1. The molecule has 0 aliphatic rings. The fraction of sp³-hybridized carbons (Fsp3) is 0. The fourth-order valence-electron chi connectivity index (χ4n) is 4.27. The lowest BCUT2D eigenvalue weighted by atomic mass is 9.99. The summed E-state index contributed by atoms with van der Waals surface area (Å²) in [6, 6.07) is 33.9. The molecular weight excluding hydrogens is 574 g/mol. The number of carboxylic acids is 2. The first-order valence-electron chi connectivity index (χ1n) is 13.4. The number of nitrogens with two attached hydrogens (primary N) is 2. The maximum absolute atomic E-state index is 12.0. The maximum Gasteiger partial charge on any atom is 0.354 e. The predicted octanol–water partition coefficient (Wildman–Crippen LogP) is 6.09. The first kappa shape index (κ1) is 31.4. The van der Waals surface area contributed by atoms with E-state index < -0.39 is 23.5 Å². The molecular formula is C35H27N3O7. The molecule has 224 valence electrons. The molecule has 6 rings (SSSR count). The first-order valence-corrected chi connectivity index (χ1v) is 13.4. The van der Waals surface area contributed by atoms with Gasteiger partial charge in [-0.25, -0.2) is 14.6 Å². The molecule has 0 fully saturated rings. The number of aromatic carboxylic acids is 2. The first-order chi connectivity index (χ1) is 21.6. The summed E-state index contributed by atoms with van der Waals surface area (Å²) in [6.07, 6.45) is 0. The van der Waals surface area contributed by atoms with Crippen molar-refractivity contribution in [2.75, 3.05) is 11.5 Å². The van der Waals surface area contributed by atoms with Gasteiger partial charge < -0.3 is 26.8 Å². The molecule has 10 nitrogen and oxygen atoms in total. The molecule has 10 heteroatoms. The highest BCUT2D eigenvalue weighted by Crippen LogP contribution is 2.25. The van der Waals surface area contributed by atoms with E-state index in [0.29, 0.717) is 11.2 Å². The summed E-state index contributed by atoms with van der Waals surface area (Å²) in [7, 11) is 0. The van der Waals surface area contributed by atoms with Crippen molar-refractivity contribution in [1.29, 1.82) is 0 Å². The Bertz CT molecular complexity index is 2020. The van der Waals surface area contributed by atoms with Gasteiger partial charge in [-0.1, -0.05) is 84.9 Å². The SMILES string of the molecule is Nc1cc2ccccc2cc1C(=O)O.Nc1cccc(O)c1C(=O)C(=O)c1ccccc1.O=C(O)c1ccc2ccccc2n1. The lowest BCUT2D eigenvalue weighted by molar-refractivity contribution is 0.0683. The molecule has 6 aromatic rings. The molecule has 0 aliphatic heterocycles. The third-order valence-corrected chi connectivity index (χ3v) is 6.51. The van der Waals surface area contributed by atoms with Gasteiger partial charge in [0.1, 0.15) is 11.4 Å². The molecule has 1 heterocycles. The summed E-state index contributed by atoms with van der Waals surface area (Å²) in [5.74, 6) is -3.77. The van der Waals surface area contributed by atoms with Gasteiger partial charge in [-0.3, -0.25) is 9.59 Å². The number of nitrogens with zero attached hydrogens (tertiary/aromatic N) is 1. The Kier molecular flexibility index (Phi) is 9.82. The van der Waals surface area contributed by atoms with E-state index in [1.807, 2.05) is 42.5 Å². The van der Waals surface area contributed by atoms with Crippen molar-refractivity contribution in [2.45, 2.75) is 0 Å². The van der Waals surface area contributed by atoms with E-state index in [0.717, 1.165) is 16.2 Å². The van der Waals surface area contributed by atoms with Crippen LogP contribution in [0, 0.1) is 0 Å². The van der Waals surface area contributed by atoms with E-state index in [9.17, 15) is 24.3 Å². The van der Waals surface area contributed by atoms with Crippen LogP contribution in [-0.4, -0.2) is 43.8 Å². The van der Waals surface area contributed by atoms with Gasteiger partial charge in [0, 0.05) is 22.3 Å². The highest BCUT2D eigenvalue weighted by Gasteiger charge is 2.23. The number of benzene rings is 5. The molecule has 0 saturated heterocycles. The lowest BCUT2D eigenvalue weighted by Crippen LogP contribution is -2.16. The third-order valence-electron chi connectivity index (χ3n) is 6.51. The molecule has 0 amide bonds. The molecule has 7 N–H and O–H groups in total. The number of phenols is 1. The zero-order valence-corrected chi connectivity index (χ0v) is 23.6. The molecule has 0 unspecified atom stereocenters. The van der Waals surface area contributed by atoms with Crippen molar-refractivity contribution in [2.24, 2.45) is 0 Å². The quantitative estimate of drug-likeness (QED) is 0.0876. The van der Waals surface area contributed by atoms with Crippen molar-refractivity contribution >= 4 is 56.6 Å². The van der Waals surface area contributed by atoms with Crippen LogP contribution in [0.15, 0.2) is 121 Å². The van der Waals surface area contributed by atoms with E-state index in [4.69, 9.17) is 21.7 Å². The summed E-state index contributed by atoms with van der Waals surface area (Å²) in [6.45, 7) is 0. The van der Waals surface area contributed by atoms with Crippen molar-refractivity contribution < 1.29 is 34.5 Å². The number of pyridine rings is 1. The number of carboxylic acid groups (broad SMARTS) is 2. The van der Waals surface area contributed by atoms with Gasteiger partial charge >= 0.3 is 11.9 Å². The number of phenolic OH excluding ortho intramolecular Hbond substituents is 1. The number of para-hydroxylation sites is 1. The van der Waals surface area contributed by atoms with E-state index >= 15 is 0 Å². The van der Waals surface area contributed by atoms with Gasteiger partial charge in [-0.05, 0) is 47.2 Å². The van der Waals surface area contributed by atoms with Crippen LogP contribution in [0.1, 0.15) is 41.6 Å². The van der Waals surface area contributed by atoms with E-state index in [-0.39, 0.29) is 33.8 Å². The molecule has 5 aromatic carbocycles.